The summed E-state index contributed by atoms with van der Waals surface area (Å²) in [5.41, 5.74) is 1.74. The predicted octanol–water partition coefficient (Wildman–Crippen LogP) is 5.24. The molecule has 140 valence electrons. The van der Waals surface area contributed by atoms with Crippen LogP contribution in [0, 0.1) is 21.4 Å². The Morgan fingerprint density at radius 2 is 1.78 bits per heavy atom. The standard InChI is InChI=1S/C21H22N2O4/c1-3-11-26-20-10-7-17(21(14-20)27-12-4-2)13-18(15-22)16-5-8-19(9-6-16)23(24)25/h5-10,13-14H,3-4,11-12H2,1-2H3. The monoisotopic (exact) mass is 366 g/mol. The van der Waals surface area contributed by atoms with Crippen LogP contribution in [0.3, 0.4) is 0 Å². The number of hydrogen-bond acceptors (Lipinski definition) is 5. The summed E-state index contributed by atoms with van der Waals surface area (Å²) in [5, 5.41) is 20.3. The van der Waals surface area contributed by atoms with Crippen LogP contribution >= 0.6 is 0 Å². The van der Waals surface area contributed by atoms with E-state index in [2.05, 4.69) is 6.07 Å². The van der Waals surface area contributed by atoms with Gasteiger partial charge >= 0.3 is 0 Å². The van der Waals surface area contributed by atoms with Crippen LogP contribution in [0.5, 0.6) is 11.5 Å². The number of rotatable bonds is 9. The van der Waals surface area contributed by atoms with Gasteiger partial charge in [0.15, 0.2) is 0 Å². The van der Waals surface area contributed by atoms with E-state index in [9.17, 15) is 15.4 Å². The minimum atomic E-state index is -0.467. The summed E-state index contributed by atoms with van der Waals surface area (Å²) in [6, 6.07) is 13.6. The Kier molecular flexibility index (Phi) is 7.38. The van der Waals surface area contributed by atoms with E-state index in [0.29, 0.717) is 35.8 Å². The van der Waals surface area contributed by atoms with Gasteiger partial charge in [0.25, 0.3) is 5.69 Å². The largest absolute Gasteiger partial charge is 0.493 e. The fourth-order valence-corrected chi connectivity index (χ4v) is 2.38. The molecule has 0 fully saturated rings. The van der Waals surface area contributed by atoms with Crippen molar-refractivity contribution in [1.82, 2.24) is 0 Å². The minimum Gasteiger partial charge on any atom is -0.493 e. The Hall–Kier alpha value is -3.33. The Bertz CT molecular complexity index is 851. The maximum absolute atomic E-state index is 10.8. The van der Waals surface area contributed by atoms with Crippen LogP contribution in [0.25, 0.3) is 11.6 Å². The van der Waals surface area contributed by atoms with Gasteiger partial charge < -0.3 is 9.47 Å². The molecule has 2 aromatic carbocycles. The third kappa shape index (κ3) is 5.58. The first-order valence-corrected chi connectivity index (χ1v) is 8.85. The van der Waals surface area contributed by atoms with Gasteiger partial charge in [-0.1, -0.05) is 13.8 Å². The van der Waals surface area contributed by atoms with Crippen LogP contribution in [-0.4, -0.2) is 18.1 Å². The number of nitro groups is 1. The van der Waals surface area contributed by atoms with Crippen molar-refractivity contribution in [2.45, 2.75) is 26.7 Å². The fraction of sp³-hybridized carbons (Fsp3) is 0.286. The maximum Gasteiger partial charge on any atom is 0.269 e. The number of nitriles is 1. The molecule has 0 heterocycles. The van der Waals surface area contributed by atoms with Crippen LogP contribution in [0.4, 0.5) is 5.69 Å². The molecule has 2 rings (SSSR count). The highest BCUT2D eigenvalue weighted by Crippen LogP contribution is 2.29. The van der Waals surface area contributed by atoms with Gasteiger partial charge in [0, 0.05) is 23.8 Å². The van der Waals surface area contributed by atoms with Crippen molar-refractivity contribution in [3.8, 4) is 17.6 Å². The van der Waals surface area contributed by atoms with Crippen molar-refractivity contribution in [2.24, 2.45) is 0 Å². The molecule has 0 amide bonds. The maximum atomic E-state index is 10.8. The van der Waals surface area contributed by atoms with Crippen LogP contribution in [0.2, 0.25) is 0 Å². The van der Waals surface area contributed by atoms with Gasteiger partial charge in [-0.25, -0.2) is 0 Å². The molecule has 0 radical (unpaired) electrons. The van der Waals surface area contributed by atoms with Gasteiger partial charge in [0.1, 0.15) is 11.5 Å². The lowest BCUT2D eigenvalue weighted by Crippen LogP contribution is -2.00. The quantitative estimate of drug-likeness (QED) is 0.262. The lowest BCUT2D eigenvalue weighted by atomic mass is 10.0. The van der Waals surface area contributed by atoms with Crippen molar-refractivity contribution >= 4 is 17.3 Å². The van der Waals surface area contributed by atoms with Crippen molar-refractivity contribution in [3.05, 3.63) is 63.7 Å². The van der Waals surface area contributed by atoms with E-state index < -0.39 is 4.92 Å². The van der Waals surface area contributed by atoms with Gasteiger partial charge in [-0.05, 0) is 48.7 Å². The molecule has 0 saturated carbocycles. The summed E-state index contributed by atoms with van der Waals surface area (Å²) in [6.07, 6.45) is 3.48. The van der Waals surface area contributed by atoms with Crippen LogP contribution < -0.4 is 9.47 Å². The van der Waals surface area contributed by atoms with Crippen LogP contribution in [0.1, 0.15) is 37.8 Å². The highest BCUT2D eigenvalue weighted by atomic mass is 16.6. The van der Waals surface area contributed by atoms with Gasteiger partial charge in [-0.15, -0.1) is 0 Å². The summed E-state index contributed by atoms with van der Waals surface area (Å²) < 4.78 is 11.5. The lowest BCUT2D eigenvalue weighted by Gasteiger charge is -2.12. The third-order valence-corrected chi connectivity index (χ3v) is 3.73. The lowest BCUT2D eigenvalue weighted by molar-refractivity contribution is -0.384. The van der Waals surface area contributed by atoms with E-state index >= 15 is 0 Å². The second-order valence-corrected chi connectivity index (χ2v) is 5.87. The summed E-state index contributed by atoms with van der Waals surface area (Å²) >= 11 is 0. The van der Waals surface area contributed by atoms with E-state index in [-0.39, 0.29) is 5.69 Å². The average Bonchev–Trinajstić information content (AvgIpc) is 2.69. The Balaban J connectivity index is 2.37. The van der Waals surface area contributed by atoms with Crippen molar-refractivity contribution in [1.29, 1.82) is 5.26 Å². The zero-order chi connectivity index (χ0) is 19.6. The molecular formula is C21H22N2O4. The second kappa shape index (κ2) is 9.97. The molecule has 27 heavy (non-hydrogen) atoms. The number of hydrogen-bond donors (Lipinski definition) is 0. The van der Waals surface area contributed by atoms with Gasteiger partial charge in [-0.2, -0.15) is 5.26 Å². The molecular weight excluding hydrogens is 344 g/mol. The van der Waals surface area contributed by atoms with Crippen LogP contribution in [-0.2, 0) is 0 Å². The molecule has 6 heteroatoms. The van der Waals surface area contributed by atoms with E-state index in [1.807, 2.05) is 32.0 Å². The predicted molar refractivity (Wildman–Crippen MR) is 105 cm³/mol. The highest BCUT2D eigenvalue weighted by molar-refractivity contribution is 5.90. The molecule has 0 aromatic heterocycles. The number of nitro benzene ring substituents is 1. The molecule has 0 bridgehead atoms. The summed E-state index contributed by atoms with van der Waals surface area (Å²) in [6.45, 7) is 5.23. The molecule has 2 aromatic rings. The highest BCUT2D eigenvalue weighted by Gasteiger charge is 2.10. The number of allylic oxidation sites excluding steroid dienone is 1. The normalized spacial score (nSPS) is 10.9. The fourth-order valence-electron chi connectivity index (χ4n) is 2.38. The van der Waals surface area contributed by atoms with E-state index in [1.165, 1.54) is 12.1 Å². The van der Waals surface area contributed by atoms with Gasteiger partial charge in [0.05, 0.1) is 29.8 Å². The molecule has 0 aliphatic carbocycles. The number of benzene rings is 2. The Morgan fingerprint density at radius 3 is 2.37 bits per heavy atom. The molecule has 0 unspecified atom stereocenters. The summed E-state index contributed by atoms with van der Waals surface area (Å²) in [5.74, 6) is 1.36. The minimum absolute atomic E-state index is 0.0135. The van der Waals surface area contributed by atoms with Crippen molar-refractivity contribution < 1.29 is 14.4 Å². The topological polar surface area (TPSA) is 85.4 Å². The molecule has 6 nitrogen and oxygen atoms in total. The average molecular weight is 366 g/mol. The zero-order valence-electron chi connectivity index (χ0n) is 15.5. The number of nitrogens with zero attached hydrogens (tertiary/aromatic N) is 2. The van der Waals surface area contributed by atoms with Crippen molar-refractivity contribution in [3.63, 3.8) is 0 Å². The van der Waals surface area contributed by atoms with Crippen LogP contribution in [0.15, 0.2) is 42.5 Å². The summed E-state index contributed by atoms with van der Waals surface area (Å²) in [7, 11) is 0. The SMILES string of the molecule is CCCOc1ccc(C=C(C#N)c2ccc([N+](=O)[O-])cc2)c(OCCC)c1. The molecule has 0 saturated heterocycles. The van der Waals surface area contributed by atoms with Gasteiger partial charge in [-0.3, -0.25) is 10.1 Å². The van der Waals surface area contributed by atoms with E-state index in [1.54, 1.807) is 18.2 Å². The van der Waals surface area contributed by atoms with E-state index in [4.69, 9.17) is 9.47 Å². The van der Waals surface area contributed by atoms with Gasteiger partial charge in [0.2, 0.25) is 0 Å². The first kappa shape index (κ1) is 20.0. The van der Waals surface area contributed by atoms with Crippen molar-refractivity contribution in [2.75, 3.05) is 13.2 Å². The first-order valence-electron chi connectivity index (χ1n) is 8.85. The Morgan fingerprint density at radius 1 is 1.11 bits per heavy atom. The first-order chi connectivity index (χ1) is 13.1. The van der Waals surface area contributed by atoms with E-state index in [0.717, 1.165) is 18.4 Å². The molecule has 0 aliphatic heterocycles. The molecule has 0 aliphatic rings. The zero-order valence-corrected chi connectivity index (χ0v) is 15.5. The third-order valence-electron chi connectivity index (χ3n) is 3.73. The Labute approximate surface area is 158 Å². The molecule has 0 spiro atoms. The smallest absolute Gasteiger partial charge is 0.269 e. The molecule has 0 N–H and O–H groups in total. The number of non-ortho nitro benzene ring substituents is 1. The number of ether oxygens (including phenoxy) is 2. The second-order valence-electron chi connectivity index (χ2n) is 5.87. The molecule has 0 atom stereocenters. The summed E-state index contributed by atoms with van der Waals surface area (Å²) in [4.78, 5) is 10.3.